The Morgan fingerprint density at radius 2 is 1.89 bits per heavy atom. The molecule has 2 rings (SSSR count). The number of nitrogens with zero attached hydrogens (tertiary/aromatic N) is 1. The number of methoxy groups -OCH3 is 1. The summed E-state index contributed by atoms with van der Waals surface area (Å²) < 4.78 is 10.8. The van der Waals surface area contributed by atoms with Crippen molar-refractivity contribution in [1.82, 2.24) is 4.90 Å². The van der Waals surface area contributed by atoms with Gasteiger partial charge in [-0.15, -0.1) is 0 Å². The number of epoxide rings is 1. The summed E-state index contributed by atoms with van der Waals surface area (Å²) >= 11 is 0. The van der Waals surface area contributed by atoms with E-state index in [2.05, 4.69) is 0 Å². The van der Waals surface area contributed by atoms with E-state index in [9.17, 15) is 4.79 Å². The molecule has 4 heteroatoms. The molecule has 0 bridgehead atoms. The molecular formula is C15H21NO3. The van der Waals surface area contributed by atoms with Crippen LogP contribution in [0.1, 0.15) is 32.4 Å². The third-order valence-electron chi connectivity index (χ3n) is 3.70. The zero-order valence-electron chi connectivity index (χ0n) is 12.0. The molecule has 0 N–H and O–H groups in total. The van der Waals surface area contributed by atoms with Crippen molar-refractivity contribution in [1.29, 1.82) is 0 Å². The van der Waals surface area contributed by atoms with Gasteiger partial charge in [-0.2, -0.15) is 0 Å². The highest BCUT2D eigenvalue weighted by atomic mass is 16.6. The fourth-order valence-electron chi connectivity index (χ4n) is 2.36. The maximum Gasteiger partial charge on any atom is 0.257 e. The average molecular weight is 263 g/mol. The molecule has 0 saturated carbocycles. The van der Waals surface area contributed by atoms with Gasteiger partial charge in [0, 0.05) is 13.1 Å². The van der Waals surface area contributed by atoms with E-state index in [-0.39, 0.29) is 12.0 Å². The number of likely N-dealkylation sites (N-methyl/N-ethyl adjacent to an activating group) is 1. The first kappa shape index (κ1) is 13.9. The SMILES string of the molecule is CCN(CC)C(=O)C1(C)OC1c1ccc(OC)cc1. The summed E-state index contributed by atoms with van der Waals surface area (Å²) in [4.78, 5) is 14.2. The minimum absolute atomic E-state index is 0.0679. The van der Waals surface area contributed by atoms with Crippen molar-refractivity contribution in [3.8, 4) is 5.75 Å². The number of ether oxygens (including phenoxy) is 2. The van der Waals surface area contributed by atoms with E-state index in [1.165, 1.54) is 0 Å². The van der Waals surface area contributed by atoms with Crippen molar-refractivity contribution in [2.24, 2.45) is 0 Å². The summed E-state index contributed by atoms with van der Waals surface area (Å²) in [5.41, 5.74) is 0.310. The van der Waals surface area contributed by atoms with Crippen molar-refractivity contribution in [2.75, 3.05) is 20.2 Å². The van der Waals surface area contributed by atoms with E-state index in [4.69, 9.17) is 9.47 Å². The number of hydrogen-bond acceptors (Lipinski definition) is 3. The monoisotopic (exact) mass is 263 g/mol. The maximum absolute atomic E-state index is 12.4. The Bertz CT molecular complexity index is 453. The van der Waals surface area contributed by atoms with Gasteiger partial charge in [0.1, 0.15) is 11.9 Å². The Kier molecular flexibility index (Phi) is 3.80. The number of hydrogen-bond donors (Lipinski definition) is 0. The lowest BCUT2D eigenvalue weighted by atomic mass is 9.99. The van der Waals surface area contributed by atoms with Gasteiger partial charge in [0.2, 0.25) is 0 Å². The van der Waals surface area contributed by atoms with Crippen molar-refractivity contribution in [3.63, 3.8) is 0 Å². The number of carbonyl (C=O) groups excluding carboxylic acids is 1. The van der Waals surface area contributed by atoms with Gasteiger partial charge >= 0.3 is 0 Å². The van der Waals surface area contributed by atoms with Gasteiger partial charge in [0.05, 0.1) is 7.11 Å². The van der Waals surface area contributed by atoms with Crippen molar-refractivity contribution < 1.29 is 14.3 Å². The Hall–Kier alpha value is -1.55. The quantitative estimate of drug-likeness (QED) is 0.766. The van der Waals surface area contributed by atoms with E-state index in [0.29, 0.717) is 13.1 Å². The normalized spacial score (nSPS) is 24.9. The molecule has 2 unspecified atom stereocenters. The lowest BCUT2D eigenvalue weighted by Gasteiger charge is -2.21. The standard InChI is InChI=1S/C15H21NO3/c1-5-16(6-2)14(17)15(3)13(19-15)11-7-9-12(18-4)10-8-11/h7-10,13H,5-6H2,1-4H3. The largest absolute Gasteiger partial charge is 0.497 e. The molecule has 19 heavy (non-hydrogen) atoms. The molecule has 1 aliphatic heterocycles. The molecule has 4 nitrogen and oxygen atoms in total. The summed E-state index contributed by atoms with van der Waals surface area (Å²) in [6, 6.07) is 7.67. The van der Waals surface area contributed by atoms with Gasteiger partial charge < -0.3 is 14.4 Å². The Labute approximate surface area is 114 Å². The summed E-state index contributed by atoms with van der Waals surface area (Å²) in [5.74, 6) is 0.875. The fourth-order valence-corrected chi connectivity index (χ4v) is 2.36. The van der Waals surface area contributed by atoms with Gasteiger partial charge in [-0.25, -0.2) is 0 Å². The highest BCUT2D eigenvalue weighted by Gasteiger charge is 2.60. The molecule has 1 aliphatic rings. The molecule has 1 saturated heterocycles. The first-order valence-electron chi connectivity index (χ1n) is 6.68. The minimum Gasteiger partial charge on any atom is -0.497 e. The third kappa shape index (κ3) is 2.45. The highest BCUT2D eigenvalue weighted by Crippen LogP contribution is 2.50. The molecule has 0 spiro atoms. The lowest BCUT2D eigenvalue weighted by molar-refractivity contribution is -0.135. The molecule has 1 heterocycles. The van der Waals surface area contributed by atoms with Gasteiger partial charge in [-0.05, 0) is 38.5 Å². The Balaban J connectivity index is 2.11. The molecule has 0 aliphatic carbocycles. The third-order valence-corrected chi connectivity index (χ3v) is 3.70. The molecule has 1 amide bonds. The number of rotatable bonds is 5. The summed E-state index contributed by atoms with van der Waals surface area (Å²) in [5, 5.41) is 0. The molecule has 104 valence electrons. The van der Waals surface area contributed by atoms with Crippen LogP contribution in [-0.2, 0) is 9.53 Å². The van der Waals surface area contributed by atoms with E-state index >= 15 is 0 Å². The topological polar surface area (TPSA) is 42.1 Å². The van der Waals surface area contributed by atoms with Crippen LogP contribution in [0.15, 0.2) is 24.3 Å². The molecule has 2 atom stereocenters. The molecule has 1 aromatic carbocycles. The van der Waals surface area contributed by atoms with Crippen LogP contribution in [0.4, 0.5) is 0 Å². The Morgan fingerprint density at radius 3 is 2.37 bits per heavy atom. The first-order valence-corrected chi connectivity index (χ1v) is 6.68. The van der Waals surface area contributed by atoms with Crippen LogP contribution in [0.25, 0.3) is 0 Å². The van der Waals surface area contributed by atoms with E-state index < -0.39 is 5.60 Å². The number of amides is 1. The first-order chi connectivity index (χ1) is 9.06. The molecule has 0 aromatic heterocycles. The predicted molar refractivity (Wildman–Crippen MR) is 73.2 cm³/mol. The van der Waals surface area contributed by atoms with Crippen molar-refractivity contribution >= 4 is 5.91 Å². The van der Waals surface area contributed by atoms with Gasteiger partial charge in [0.25, 0.3) is 5.91 Å². The van der Waals surface area contributed by atoms with Crippen LogP contribution >= 0.6 is 0 Å². The molecule has 0 radical (unpaired) electrons. The summed E-state index contributed by atoms with van der Waals surface area (Å²) in [6.07, 6.45) is -0.147. The zero-order valence-corrected chi connectivity index (χ0v) is 12.0. The van der Waals surface area contributed by atoms with Gasteiger partial charge in [0.15, 0.2) is 5.60 Å². The summed E-state index contributed by atoms with van der Waals surface area (Å²) in [6.45, 7) is 7.25. The molecule has 1 fully saturated rings. The van der Waals surface area contributed by atoms with E-state index in [1.54, 1.807) is 7.11 Å². The van der Waals surface area contributed by atoms with Crippen molar-refractivity contribution in [2.45, 2.75) is 32.5 Å². The number of carbonyl (C=O) groups is 1. The van der Waals surface area contributed by atoms with Gasteiger partial charge in [-0.1, -0.05) is 12.1 Å². The second kappa shape index (κ2) is 5.21. The average Bonchev–Trinajstić information content (AvgIpc) is 3.14. The summed E-state index contributed by atoms with van der Waals surface area (Å²) in [7, 11) is 1.64. The second-order valence-corrected chi connectivity index (χ2v) is 4.86. The highest BCUT2D eigenvalue weighted by molar-refractivity contribution is 5.88. The van der Waals surface area contributed by atoms with Gasteiger partial charge in [-0.3, -0.25) is 4.79 Å². The smallest absolute Gasteiger partial charge is 0.257 e. The van der Waals surface area contributed by atoms with Crippen LogP contribution in [0, 0.1) is 0 Å². The predicted octanol–water partition coefficient (Wildman–Crippen LogP) is 2.39. The fraction of sp³-hybridized carbons (Fsp3) is 0.533. The second-order valence-electron chi connectivity index (χ2n) is 4.86. The van der Waals surface area contributed by atoms with E-state index in [0.717, 1.165) is 11.3 Å². The zero-order chi connectivity index (χ0) is 14.0. The van der Waals surface area contributed by atoms with Crippen LogP contribution < -0.4 is 4.74 Å². The van der Waals surface area contributed by atoms with E-state index in [1.807, 2.05) is 49.9 Å². The lowest BCUT2D eigenvalue weighted by Crippen LogP contribution is -2.40. The van der Waals surface area contributed by atoms with Crippen LogP contribution in [0.3, 0.4) is 0 Å². The van der Waals surface area contributed by atoms with Crippen molar-refractivity contribution in [3.05, 3.63) is 29.8 Å². The van der Waals surface area contributed by atoms with Crippen LogP contribution in [0.2, 0.25) is 0 Å². The minimum atomic E-state index is -0.708. The maximum atomic E-state index is 12.4. The van der Waals surface area contributed by atoms with Crippen LogP contribution in [-0.4, -0.2) is 36.6 Å². The number of benzene rings is 1. The Morgan fingerprint density at radius 1 is 1.32 bits per heavy atom. The van der Waals surface area contributed by atoms with Crippen LogP contribution in [0.5, 0.6) is 5.75 Å². The molecular weight excluding hydrogens is 242 g/mol. The molecule has 1 aromatic rings.